The number of para-hydroxylation sites is 2. The Morgan fingerprint density at radius 1 is 1.21 bits per heavy atom. The van der Waals surface area contributed by atoms with Crippen LogP contribution in [0.15, 0.2) is 48.1 Å². The Hall–Kier alpha value is -3.79. The van der Waals surface area contributed by atoms with E-state index in [1.165, 1.54) is 17.5 Å². The van der Waals surface area contributed by atoms with E-state index in [1.807, 2.05) is 26.0 Å². The normalized spacial score (nSPS) is 11.0. The number of rotatable bonds is 8. The van der Waals surface area contributed by atoms with E-state index in [0.29, 0.717) is 27.7 Å². The fourth-order valence-corrected chi connectivity index (χ4v) is 4.01. The second-order valence-electron chi connectivity index (χ2n) is 7.55. The number of amides is 1. The molecule has 9 nitrogen and oxygen atoms in total. The molecule has 1 amide bonds. The van der Waals surface area contributed by atoms with E-state index in [2.05, 4.69) is 20.4 Å². The first-order chi connectivity index (χ1) is 15.9. The maximum absolute atomic E-state index is 12.5. The average Bonchev–Trinajstić information content (AvgIpc) is 3.44. The molecule has 33 heavy (non-hydrogen) atoms. The molecule has 0 aliphatic heterocycles. The number of methoxy groups -OCH3 is 1. The number of benzene rings is 1. The second-order valence-corrected chi connectivity index (χ2v) is 8.50. The van der Waals surface area contributed by atoms with E-state index in [0.717, 1.165) is 11.0 Å². The minimum Gasteiger partial charge on any atom is -0.495 e. The van der Waals surface area contributed by atoms with Gasteiger partial charge in [0.1, 0.15) is 17.4 Å². The molecule has 10 heteroatoms. The molecule has 4 rings (SSSR count). The summed E-state index contributed by atoms with van der Waals surface area (Å²) in [4.78, 5) is 33.6. The predicted octanol–water partition coefficient (Wildman–Crippen LogP) is 4.02. The number of hydrogen-bond donors (Lipinski definition) is 1. The number of esters is 1. The van der Waals surface area contributed by atoms with Crippen molar-refractivity contribution in [2.75, 3.05) is 12.4 Å². The molecule has 0 spiro atoms. The monoisotopic (exact) mass is 465 g/mol. The Balaban J connectivity index is 1.33. The summed E-state index contributed by atoms with van der Waals surface area (Å²) in [5.74, 6) is -0.120. The van der Waals surface area contributed by atoms with Crippen molar-refractivity contribution in [3.05, 3.63) is 64.4 Å². The van der Waals surface area contributed by atoms with Crippen LogP contribution in [-0.4, -0.2) is 38.7 Å². The van der Waals surface area contributed by atoms with Crippen LogP contribution in [0.2, 0.25) is 0 Å². The number of carbonyl (C=O) groups excluding carboxylic acids is 2. The molecule has 1 N–H and O–H groups in total. The lowest BCUT2D eigenvalue weighted by Gasteiger charge is -2.08. The van der Waals surface area contributed by atoms with E-state index < -0.39 is 5.97 Å². The zero-order valence-electron chi connectivity index (χ0n) is 18.4. The molecule has 170 valence electrons. The van der Waals surface area contributed by atoms with Crippen LogP contribution in [0.4, 0.5) is 5.69 Å². The Labute approximate surface area is 194 Å². The summed E-state index contributed by atoms with van der Waals surface area (Å²) in [7, 11) is 1.55. The summed E-state index contributed by atoms with van der Waals surface area (Å²) < 4.78 is 12.4. The first kappa shape index (κ1) is 22.4. The second kappa shape index (κ2) is 9.78. The van der Waals surface area contributed by atoms with Crippen molar-refractivity contribution >= 4 is 39.9 Å². The molecule has 0 saturated carbocycles. The number of pyridine rings is 1. The Morgan fingerprint density at radius 2 is 2.03 bits per heavy atom. The number of carbonyl (C=O) groups is 2. The van der Waals surface area contributed by atoms with E-state index in [9.17, 15) is 9.59 Å². The van der Waals surface area contributed by atoms with Crippen molar-refractivity contribution in [1.29, 1.82) is 0 Å². The van der Waals surface area contributed by atoms with Crippen LogP contribution in [0.5, 0.6) is 5.75 Å². The van der Waals surface area contributed by atoms with Crippen LogP contribution >= 0.6 is 11.3 Å². The minimum atomic E-state index is -0.495. The van der Waals surface area contributed by atoms with Gasteiger partial charge in [0.15, 0.2) is 5.65 Å². The summed E-state index contributed by atoms with van der Waals surface area (Å²) in [5.41, 5.74) is 2.24. The van der Waals surface area contributed by atoms with E-state index in [1.54, 1.807) is 41.6 Å². The summed E-state index contributed by atoms with van der Waals surface area (Å²) in [6.45, 7) is 4.04. The van der Waals surface area contributed by atoms with E-state index in [-0.39, 0.29) is 25.0 Å². The zero-order valence-corrected chi connectivity index (χ0v) is 19.3. The Bertz CT molecular complexity index is 1300. The fraction of sp³-hybridized carbons (Fsp3) is 0.261. The largest absolute Gasteiger partial charge is 0.495 e. The standard InChI is InChI=1S/C23H23N5O4S/c1-14(2)28-22-15(11-25-28)8-16(10-24-22)23(30)32-12-17-13-33-21(26-17)9-20(29)27-18-6-4-5-7-19(18)31-3/h4-8,10-11,13-14H,9,12H2,1-3H3,(H,27,29). The van der Waals surface area contributed by atoms with Gasteiger partial charge in [0, 0.05) is 23.0 Å². The number of thiazole rings is 1. The third kappa shape index (κ3) is 5.17. The fourth-order valence-electron chi connectivity index (χ4n) is 3.23. The van der Waals surface area contributed by atoms with Crippen LogP contribution in [0, 0.1) is 0 Å². The minimum absolute atomic E-state index is 0.00670. The molecule has 0 aliphatic carbocycles. The number of ether oxygens (including phenoxy) is 2. The summed E-state index contributed by atoms with van der Waals surface area (Å²) in [5, 5.41) is 10.3. The number of fused-ring (bicyclic) bond motifs is 1. The number of nitrogens with zero attached hydrogens (tertiary/aromatic N) is 4. The van der Waals surface area contributed by atoms with Gasteiger partial charge in [-0.05, 0) is 32.0 Å². The number of aromatic nitrogens is 4. The molecule has 0 unspecified atom stereocenters. The number of hydrogen-bond acceptors (Lipinski definition) is 8. The van der Waals surface area contributed by atoms with Gasteiger partial charge in [0.2, 0.25) is 5.91 Å². The zero-order chi connectivity index (χ0) is 23.4. The molecular formula is C23H23N5O4S. The van der Waals surface area contributed by atoms with Gasteiger partial charge in [-0.2, -0.15) is 5.10 Å². The molecule has 0 saturated heterocycles. The van der Waals surface area contributed by atoms with Crippen molar-refractivity contribution in [3.63, 3.8) is 0 Å². The first-order valence-electron chi connectivity index (χ1n) is 10.3. The van der Waals surface area contributed by atoms with Crippen LogP contribution in [0.1, 0.15) is 40.9 Å². The van der Waals surface area contributed by atoms with Gasteiger partial charge < -0.3 is 14.8 Å². The smallest absolute Gasteiger partial charge is 0.340 e. The summed E-state index contributed by atoms with van der Waals surface area (Å²) >= 11 is 1.34. The predicted molar refractivity (Wildman–Crippen MR) is 124 cm³/mol. The quantitative estimate of drug-likeness (QED) is 0.392. The summed E-state index contributed by atoms with van der Waals surface area (Å²) in [6, 6.07) is 9.07. The van der Waals surface area contributed by atoms with Gasteiger partial charge in [0.25, 0.3) is 0 Å². The molecule has 0 aliphatic rings. The molecule has 4 aromatic rings. The van der Waals surface area contributed by atoms with Crippen LogP contribution in [0.25, 0.3) is 11.0 Å². The highest BCUT2D eigenvalue weighted by molar-refractivity contribution is 7.09. The SMILES string of the molecule is COc1ccccc1NC(=O)Cc1nc(COC(=O)c2cnc3c(cnn3C(C)C)c2)cs1. The van der Waals surface area contributed by atoms with Crippen molar-refractivity contribution in [3.8, 4) is 5.75 Å². The molecular weight excluding hydrogens is 442 g/mol. The maximum atomic E-state index is 12.5. The third-order valence-corrected chi connectivity index (χ3v) is 5.70. The number of anilines is 1. The molecule has 0 fully saturated rings. The molecule has 0 bridgehead atoms. The molecule has 3 aromatic heterocycles. The molecule has 3 heterocycles. The number of nitrogens with one attached hydrogen (secondary N) is 1. The highest BCUT2D eigenvalue weighted by Crippen LogP contribution is 2.23. The summed E-state index contributed by atoms with van der Waals surface area (Å²) in [6.07, 6.45) is 3.28. The van der Waals surface area contributed by atoms with E-state index in [4.69, 9.17) is 9.47 Å². The first-order valence-corrected chi connectivity index (χ1v) is 11.2. The van der Waals surface area contributed by atoms with E-state index >= 15 is 0 Å². The lowest BCUT2D eigenvalue weighted by atomic mass is 10.2. The van der Waals surface area contributed by atoms with Gasteiger partial charge in [-0.15, -0.1) is 11.3 Å². The average molecular weight is 466 g/mol. The van der Waals surface area contributed by atoms with Crippen molar-refractivity contribution in [1.82, 2.24) is 19.7 Å². The lowest BCUT2D eigenvalue weighted by molar-refractivity contribution is -0.115. The third-order valence-electron chi connectivity index (χ3n) is 4.80. The van der Waals surface area contributed by atoms with Crippen molar-refractivity contribution in [2.45, 2.75) is 32.9 Å². The molecule has 0 radical (unpaired) electrons. The van der Waals surface area contributed by atoms with Crippen LogP contribution in [0.3, 0.4) is 0 Å². The van der Waals surface area contributed by atoms with Crippen LogP contribution in [-0.2, 0) is 22.6 Å². The highest BCUT2D eigenvalue weighted by Gasteiger charge is 2.15. The van der Waals surface area contributed by atoms with Crippen LogP contribution < -0.4 is 10.1 Å². The van der Waals surface area contributed by atoms with Gasteiger partial charge in [0.05, 0.1) is 36.7 Å². The highest BCUT2D eigenvalue weighted by atomic mass is 32.1. The Morgan fingerprint density at radius 3 is 2.82 bits per heavy atom. The molecule has 1 aromatic carbocycles. The van der Waals surface area contributed by atoms with Gasteiger partial charge in [-0.25, -0.2) is 19.4 Å². The van der Waals surface area contributed by atoms with Crippen molar-refractivity contribution < 1.29 is 19.1 Å². The maximum Gasteiger partial charge on any atom is 0.340 e. The van der Waals surface area contributed by atoms with Gasteiger partial charge in [-0.3, -0.25) is 4.79 Å². The molecule has 0 atom stereocenters. The Kier molecular flexibility index (Phi) is 6.64. The topological polar surface area (TPSA) is 108 Å². The van der Waals surface area contributed by atoms with Gasteiger partial charge >= 0.3 is 5.97 Å². The van der Waals surface area contributed by atoms with Gasteiger partial charge in [-0.1, -0.05) is 12.1 Å². The van der Waals surface area contributed by atoms with Crippen molar-refractivity contribution in [2.24, 2.45) is 0 Å². The lowest BCUT2D eigenvalue weighted by Crippen LogP contribution is -2.15.